The van der Waals surface area contributed by atoms with Gasteiger partial charge in [0.2, 0.25) is 11.8 Å². The Balaban J connectivity index is 1.65. The van der Waals surface area contributed by atoms with Crippen LogP contribution in [0.15, 0.2) is 30.3 Å². The Morgan fingerprint density at radius 1 is 1.03 bits per heavy atom. The van der Waals surface area contributed by atoms with E-state index >= 15 is 0 Å². The average molecular weight is 414 g/mol. The molecule has 0 N–H and O–H groups in total. The third-order valence-corrected chi connectivity index (χ3v) is 6.96. The van der Waals surface area contributed by atoms with Gasteiger partial charge in [-0.05, 0) is 37.2 Å². The third kappa shape index (κ3) is 5.23. The summed E-state index contributed by atoms with van der Waals surface area (Å²) in [5, 5.41) is 0. The molecule has 5 nitrogen and oxygen atoms in total. The molecule has 1 aliphatic heterocycles. The van der Waals surface area contributed by atoms with Gasteiger partial charge >= 0.3 is 0 Å². The Morgan fingerprint density at radius 2 is 1.67 bits per heavy atom. The van der Waals surface area contributed by atoms with Gasteiger partial charge < -0.3 is 9.80 Å². The van der Waals surface area contributed by atoms with E-state index in [1.54, 1.807) is 0 Å². The molecule has 2 atom stereocenters. The van der Waals surface area contributed by atoms with Crippen LogP contribution in [-0.2, 0) is 9.59 Å². The first kappa shape index (κ1) is 22.8. The summed E-state index contributed by atoms with van der Waals surface area (Å²) < 4.78 is 0. The summed E-state index contributed by atoms with van der Waals surface area (Å²) in [6, 6.07) is 10.1. The second kappa shape index (κ2) is 10.9. The topological polar surface area (TPSA) is 43.9 Å². The lowest BCUT2D eigenvalue weighted by atomic mass is 9.93. The smallest absolute Gasteiger partial charge is 0.239 e. The van der Waals surface area contributed by atoms with Crippen molar-refractivity contribution in [3.8, 4) is 0 Å². The molecule has 0 unspecified atom stereocenters. The van der Waals surface area contributed by atoms with E-state index < -0.39 is 0 Å². The van der Waals surface area contributed by atoms with Crippen molar-refractivity contribution in [1.29, 1.82) is 0 Å². The van der Waals surface area contributed by atoms with Gasteiger partial charge in [-0.1, -0.05) is 57.0 Å². The molecule has 0 spiro atoms. The zero-order valence-electron chi connectivity index (χ0n) is 19.1. The van der Waals surface area contributed by atoms with Crippen molar-refractivity contribution in [2.75, 3.05) is 39.8 Å². The molecule has 30 heavy (non-hydrogen) atoms. The Kier molecular flexibility index (Phi) is 8.32. The Bertz CT molecular complexity index is 679. The predicted octanol–water partition coefficient (Wildman–Crippen LogP) is 3.75. The van der Waals surface area contributed by atoms with E-state index in [4.69, 9.17) is 0 Å². The molecule has 1 aromatic rings. The van der Waals surface area contributed by atoms with Crippen molar-refractivity contribution in [2.45, 2.75) is 64.3 Å². The third-order valence-electron chi connectivity index (χ3n) is 6.96. The maximum Gasteiger partial charge on any atom is 0.239 e. The molecule has 0 bridgehead atoms. The van der Waals surface area contributed by atoms with E-state index in [9.17, 15) is 9.59 Å². The molecule has 166 valence electrons. The summed E-state index contributed by atoms with van der Waals surface area (Å²) in [7, 11) is 1.94. The molecule has 2 amide bonds. The molecule has 1 saturated heterocycles. The SMILES string of the molecule is CCCN(C)C(=O)[C@@H](C1CCCC1)N1CCN(C(=O)[C@H](CC)c2ccccc2)CC1. The number of amides is 2. The Hall–Kier alpha value is -1.88. The second-order valence-electron chi connectivity index (χ2n) is 8.98. The standard InChI is InChI=1S/C25H39N3O2/c1-4-15-26(3)25(30)23(21-13-9-10-14-21)27-16-18-28(19-17-27)24(29)22(5-2)20-11-7-6-8-12-20/h6-8,11-12,21-23H,4-5,9-10,13-19H2,1-3H3/t22-,23-/m1/s1. The van der Waals surface area contributed by atoms with Crippen LogP contribution in [0.3, 0.4) is 0 Å². The first-order valence-corrected chi connectivity index (χ1v) is 11.9. The number of carbonyl (C=O) groups is 2. The van der Waals surface area contributed by atoms with Gasteiger partial charge in [-0.2, -0.15) is 0 Å². The van der Waals surface area contributed by atoms with E-state index in [0.29, 0.717) is 5.92 Å². The Morgan fingerprint density at radius 3 is 2.23 bits per heavy atom. The van der Waals surface area contributed by atoms with Gasteiger partial charge in [0.1, 0.15) is 0 Å². The zero-order valence-corrected chi connectivity index (χ0v) is 19.1. The molecule has 1 saturated carbocycles. The predicted molar refractivity (Wildman–Crippen MR) is 121 cm³/mol. The quantitative estimate of drug-likeness (QED) is 0.652. The van der Waals surface area contributed by atoms with Crippen LogP contribution in [-0.4, -0.2) is 72.3 Å². The van der Waals surface area contributed by atoms with Gasteiger partial charge in [-0.3, -0.25) is 14.5 Å². The summed E-state index contributed by atoms with van der Waals surface area (Å²) in [6.45, 7) is 8.05. The highest BCUT2D eigenvalue weighted by atomic mass is 16.2. The summed E-state index contributed by atoms with van der Waals surface area (Å²) in [5.74, 6) is 0.905. The molecule has 5 heteroatoms. The van der Waals surface area contributed by atoms with Crippen molar-refractivity contribution in [3.63, 3.8) is 0 Å². The van der Waals surface area contributed by atoms with Crippen LogP contribution in [0.4, 0.5) is 0 Å². The number of hydrogen-bond acceptors (Lipinski definition) is 3. The minimum Gasteiger partial charge on any atom is -0.344 e. The number of nitrogens with zero attached hydrogens (tertiary/aromatic N) is 3. The van der Waals surface area contributed by atoms with E-state index in [2.05, 4.69) is 30.9 Å². The summed E-state index contributed by atoms with van der Waals surface area (Å²) in [6.07, 6.45) is 6.58. The first-order valence-electron chi connectivity index (χ1n) is 11.9. The fraction of sp³-hybridized carbons (Fsp3) is 0.680. The molecular weight excluding hydrogens is 374 g/mol. The van der Waals surface area contributed by atoms with Crippen molar-refractivity contribution in [2.24, 2.45) is 5.92 Å². The van der Waals surface area contributed by atoms with E-state index in [1.807, 2.05) is 35.0 Å². The van der Waals surface area contributed by atoms with Crippen LogP contribution in [0, 0.1) is 5.92 Å². The maximum absolute atomic E-state index is 13.3. The van der Waals surface area contributed by atoms with Gasteiger partial charge in [-0.25, -0.2) is 0 Å². The normalized spacial score (nSPS) is 20.2. The molecule has 1 aromatic carbocycles. The monoisotopic (exact) mass is 413 g/mol. The summed E-state index contributed by atoms with van der Waals surface area (Å²) in [5.41, 5.74) is 1.10. The first-order chi connectivity index (χ1) is 14.6. The molecule has 2 fully saturated rings. The van der Waals surface area contributed by atoms with Gasteiger partial charge in [0.05, 0.1) is 12.0 Å². The fourth-order valence-electron chi connectivity index (χ4n) is 5.28. The van der Waals surface area contributed by atoms with E-state index in [-0.39, 0.29) is 23.8 Å². The highest BCUT2D eigenvalue weighted by molar-refractivity contribution is 5.84. The molecule has 1 aliphatic carbocycles. The van der Waals surface area contributed by atoms with Crippen molar-refractivity contribution < 1.29 is 9.59 Å². The zero-order chi connectivity index (χ0) is 21.5. The van der Waals surface area contributed by atoms with Crippen molar-refractivity contribution in [3.05, 3.63) is 35.9 Å². The Labute approximate surface area is 182 Å². The van der Waals surface area contributed by atoms with Crippen LogP contribution in [0.5, 0.6) is 0 Å². The minimum absolute atomic E-state index is 0.0163. The highest BCUT2D eigenvalue weighted by Gasteiger charge is 2.39. The number of rotatable bonds is 8. The number of piperazine rings is 1. The molecule has 2 aliphatic rings. The molecule has 0 aromatic heterocycles. The van der Waals surface area contributed by atoms with Crippen LogP contribution in [0.2, 0.25) is 0 Å². The minimum atomic E-state index is -0.0688. The number of benzene rings is 1. The van der Waals surface area contributed by atoms with Crippen LogP contribution in [0.25, 0.3) is 0 Å². The van der Waals surface area contributed by atoms with Crippen LogP contribution in [0.1, 0.15) is 63.9 Å². The second-order valence-corrected chi connectivity index (χ2v) is 8.98. The summed E-state index contributed by atoms with van der Waals surface area (Å²) >= 11 is 0. The van der Waals surface area contributed by atoms with Crippen molar-refractivity contribution in [1.82, 2.24) is 14.7 Å². The number of likely N-dealkylation sites (N-methyl/N-ethyl adjacent to an activating group) is 1. The molecule has 3 rings (SSSR count). The molecule has 1 heterocycles. The van der Waals surface area contributed by atoms with Gasteiger partial charge in [0, 0.05) is 39.8 Å². The van der Waals surface area contributed by atoms with E-state index in [0.717, 1.165) is 64.0 Å². The highest BCUT2D eigenvalue weighted by Crippen LogP contribution is 2.32. The van der Waals surface area contributed by atoms with Gasteiger partial charge in [0.15, 0.2) is 0 Å². The van der Waals surface area contributed by atoms with Gasteiger partial charge in [-0.15, -0.1) is 0 Å². The fourth-order valence-corrected chi connectivity index (χ4v) is 5.28. The lowest BCUT2D eigenvalue weighted by molar-refractivity contribution is -0.141. The molecular formula is C25H39N3O2. The largest absolute Gasteiger partial charge is 0.344 e. The van der Waals surface area contributed by atoms with Crippen LogP contribution >= 0.6 is 0 Å². The number of carbonyl (C=O) groups excluding carboxylic acids is 2. The van der Waals surface area contributed by atoms with Crippen molar-refractivity contribution >= 4 is 11.8 Å². The summed E-state index contributed by atoms with van der Waals surface area (Å²) in [4.78, 5) is 32.8. The molecule has 0 radical (unpaired) electrons. The maximum atomic E-state index is 13.3. The van der Waals surface area contributed by atoms with Crippen LogP contribution < -0.4 is 0 Å². The lowest BCUT2D eigenvalue weighted by Crippen LogP contribution is -2.58. The average Bonchev–Trinajstić information content (AvgIpc) is 3.30. The van der Waals surface area contributed by atoms with E-state index in [1.165, 1.54) is 12.8 Å². The lowest BCUT2D eigenvalue weighted by Gasteiger charge is -2.42. The number of hydrogen-bond donors (Lipinski definition) is 0. The van der Waals surface area contributed by atoms with Gasteiger partial charge in [0.25, 0.3) is 0 Å².